The second kappa shape index (κ2) is 6.23. The smallest absolute Gasteiger partial charge is 0.350 e. The molecule has 1 fully saturated rings. The first-order chi connectivity index (χ1) is 10.7. The molecule has 1 saturated carbocycles. The van der Waals surface area contributed by atoms with E-state index in [1.165, 1.54) is 17.7 Å². The molecule has 2 aromatic heterocycles. The minimum Gasteiger partial charge on any atom is -0.457 e. The van der Waals surface area contributed by atoms with Crippen molar-refractivity contribution >= 4 is 17.3 Å². The molecule has 114 valence electrons. The summed E-state index contributed by atoms with van der Waals surface area (Å²) in [7, 11) is 0. The van der Waals surface area contributed by atoms with Crippen molar-refractivity contribution in [3.8, 4) is 16.9 Å². The average Bonchev–Trinajstić information content (AvgIpc) is 3.17. The van der Waals surface area contributed by atoms with Crippen molar-refractivity contribution in [1.82, 2.24) is 20.2 Å². The van der Waals surface area contributed by atoms with E-state index in [9.17, 15) is 4.79 Å². The summed E-state index contributed by atoms with van der Waals surface area (Å²) in [6.07, 6.45) is 4.61. The van der Waals surface area contributed by atoms with Crippen LogP contribution in [0.1, 0.15) is 41.0 Å². The lowest BCUT2D eigenvalue weighted by atomic mass is 9.87. The summed E-state index contributed by atoms with van der Waals surface area (Å²) in [5.41, 5.74) is 0.603. The van der Waals surface area contributed by atoms with E-state index in [4.69, 9.17) is 10.00 Å². The van der Waals surface area contributed by atoms with E-state index in [1.807, 2.05) is 0 Å². The number of aryl methyl sites for hydroxylation is 1. The van der Waals surface area contributed by atoms with Crippen molar-refractivity contribution in [3.63, 3.8) is 0 Å². The number of carbonyl (C=O) groups excluding carboxylic acids is 1. The average molecular weight is 317 g/mol. The number of thiazole rings is 1. The molecule has 8 heteroatoms. The molecule has 3 rings (SSSR count). The summed E-state index contributed by atoms with van der Waals surface area (Å²) in [5, 5.41) is 16.3. The van der Waals surface area contributed by atoms with Crippen LogP contribution >= 0.6 is 11.3 Å². The number of nitrogens with zero attached hydrogens (tertiary/aromatic N) is 4. The Hall–Kier alpha value is -2.27. The molecule has 0 radical (unpaired) electrons. The highest BCUT2D eigenvalue weighted by Crippen LogP contribution is 2.30. The van der Waals surface area contributed by atoms with Crippen molar-refractivity contribution in [3.05, 3.63) is 16.9 Å². The highest BCUT2D eigenvalue weighted by atomic mass is 32.1. The second-order valence-corrected chi connectivity index (χ2v) is 6.23. The molecule has 0 unspecified atom stereocenters. The maximum atomic E-state index is 12.4. The van der Waals surface area contributed by atoms with Crippen LogP contribution in [0.4, 0.5) is 0 Å². The molecule has 0 aromatic carbocycles. The molecule has 1 aliphatic rings. The van der Waals surface area contributed by atoms with Gasteiger partial charge in [-0.15, -0.1) is 11.3 Å². The first-order valence-electron chi connectivity index (χ1n) is 7.13. The molecule has 0 saturated heterocycles. The van der Waals surface area contributed by atoms with Crippen LogP contribution < -0.4 is 0 Å². The molecule has 1 N–H and O–H groups in total. The van der Waals surface area contributed by atoms with Gasteiger partial charge in [0.1, 0.15) is 17.3 Å². The number of aromatic nitrogens is 4. The van der Waals surface area contributed by atoms with Crippen LogP contribution in [0.25, 0.3) is 10.8 Å². The summed E-state index contributed by atoms with van der Waals surface area (Å²) < 4.78 is 5.56. The zero-order valence-corrected chi connectivity index (χ0v) is 12.9. The van der Waals surface area contributed by atoms with Crippen molar-refractivity contribution in [1.29, 1.82) is 5.26 Å². The van der Waals surface area contributed by atoms with E-state index in [0.717, 1.165) is 25.7 Å². The Morgan fingerprint density at radius 3 is 3.05 bits per heavy atom. The summed E-state index contributed by atoms with van der Waals surface area (Å²) in [4.78, 5) is 21.2. The van der Waals surface area contributed by atoms with Gasteiger partial charge in [0, 0.05) is 0 Å². The lowest BCUT2D eigenvalue weighted by Gasteiger charge is -2.26. The van der Waals surface area contributed by atoms with Gasteiger partial charge in [-0.3, -0.25) is 5.10 Å². The molecule has 2 atom stereocenters. The highest BCUT2D eigenvalue weighted by molar-refractivity contribution is 7.16. The standard InChI is InChI=1S/C14H15N5O2S/c1-8-11(22-13(18-8)12-16-7-17-19-12)14(20)21-10-5-3-2-4-9(10)6-15/h7,9-10H,2-5H2,1H3,(H,16,17,19)/t9-,10+/m1/s1. The number of rotatable bonds is 3. The van der Waals surface area contributed by atoms with Gasteiger partial charge >= 0.3 is 5.97 Å². The van der Waals surface area contributed by atoms with Crippen LogP contribution in [0, 0.1) is 24.2 Å². The van der Waals surface area contributed by atoms with Gasteiger partial charge in [-0.1, -0.05) is 6.42 Å². The SMILES string of the molecule is Cc1nc(-c2ncn[nH]2)sc1C(=O)O[C@H]1CCCC[C@@H]1C#N. The summed E-state index contributed by atoms with van der Waals surface area (Å²) in [6.45, 7) is 1.76. The lowest BCUT2D eigenvalue weighted by molar-refractivity contribution is 0.0112. The van der Waals surface area contributed by atoms with Crippen LogP contribution in [0.2, 0.25) is 0 Å². The molecule has 1 aliphatic carbocycles. The first-order valence-corrected chi connectivity index (χ1v) is 7.94. The van der Waals surface area contributed by atoms with Crippen molar-refractivity contribution in [2.45, 2.75) is 38.7 Å². The maximum Gasteiger partial charge on any atom is 0.350 e. The summed E-state index contributed by atoms with van der Waals surface area (Å²) in [5.74, 6) is -0.0905. The maximum absolute atomic E-state index is 12.4. The number of nitrogens with one attached hydrogen (secondary N) is 1. The Morgan fingerprint density at radius 1 is 1.50 bits per heavy atom. The third kappa shape index (κ3) is 2.85. The normalized spacial score (nSPS) is 21.3. The van der Waals surface area contributed by atoms with Gasteiger partial charge in [0.15, 0.2) is 10.8 Å². The van der Waals surface area contributed by atoms with Gasteiger partial charge in [-0.2, -0.15) is 10.4 Å². The van der Waals surface area contributed by atoms with Crippen LogP contribution in [0.15, 0.2) is 6.33 Å². The summed E-state index contributed by atoms with van der Waals surface area (Å²) >= 11 is 1.22. The van der Waals surface area contributed by atoms with Crippen LogP contribution in [0.5, 0.6) is 0 Å². The largest absolute Gasteiger partial charge is 0.457 e. The van der Waals surface area contributed by atoms with Gasteiger partial charge in [0.2, 0.25) is 0 Å². The number of hydrogen-bond acceptors (Lipinski definition) is 7. The van der Waals surface area contributed by atoms with Gasteiger partial charge in [0.25, 0.3) is 0 Å². The van der Waals surface area contributed by atoms with E-state index >= 15 is 0 Å². The molecular formula is C14H15N5O2S. The van der Waals surface area contributed by atoms with Gasteiger partial charge in [-0.05, 0) is 26.2 Å². The Balaban J connectivity index is 1.76. The number of H-pyrrole nitrogens is 1. The van der Waals surface area contributed by atoms with E-state index in [2.05, 4.69) is 26.2 Å². The Kier molecular flexibility index (Phi) is 4.15. The fourth-order valence-electron chi connectivity index (χ4n) is 2.57. The number of ether oxygens (including phenoxy) is 1. The number of esters is 1. The zero-order valence-electron chi connectivity index (χ0n) is 12.1. The molecule has 2 aromatic rings. The molecule has 0 aliphatic heterocycles. The quantitative estimate of drug-likeness (QED) is 0.872. The Bertz CT molecular complexity index is 703. The predicted molar refractivity (Wildman–Crippen MR) is 79.0 cm³/mol. The highest BCUT2D eigenvalue weighted by Gasteiger charge is 2.30. The third-order valence-corrected chi connectivity index (χ3v) is 4.87. The second-order valence-electron chi connectivity index (χ2n) is 5.23. The van der Waals surface area contributed by atoms with E-state index in [-0.39, 0.29) is 12.0 Å². The number of aromatic amines is 1. The molecule has 0 bridgehead atoms. The Morgan fingerprint density at radius 2 is 2.32 bits per heavy atom. The molecule has 0 spiro atoms. The van der Waals surface area contributed by atoms with Gasteiger partial charge in [0.05, 0.1) is 17.7 Å². The fourth-order valence-corrected chi connectivity index (χ4v) is 3.47. The van der Waals surface area contributed by atoms with Crippen LogP contribution in [-0.4, -0.2) is 32.2 Å². The number of hydrogen-bond donors (Lipinski definition) is 1. The van der Waals surface area contributed by atoms with Crippen LogP contribution in [0.3, 0.4) is 0 Å². The van der Waals surface area contributed by atoms with Gasteiger partial charge < -0.3 is 4.74 Å². The van der Waals surface area contributed by atoms with E-state index < -0.39 is 5.97 Å². The van der Waals surface area contributed by atoms with Crippen molar-refractivity contribution in [2.24, 2.45) is 5.92 Å². The minimum atomic E-state index is -0.409. The van der Waals surface area contributed by atoms with Crippen molar-refractivity contribution < 1.29 is 9.53 Å². The molecule has 2 heterocycles. The lowest BCUT2D eigenvalue weighted by Crippen LogP contribution is -2.29. The fraction of sp³-hybridized carbons (Fsp3) is 0.500. The molecule has 7 nitrogen and oxygen atoms in total. The Labute approximate surface area is 131 Å². The topological polar surface area (TPSA) is 105 Å². The third-order valence-electron chi connectivity index (χ3n) is 3.73. The molecule has 22 heavy (non-hydrogen) atoms. The predicted octanol–water partition coefficient (Wildman–Crippen LogP) is 2.48. The van der Waals surface area contributed by atoms with E-state index in [1.54, 1.807) is 6.92 Å². The minimum absolute atomic E-state index is 0.209. The van der Waals surface area contributed by atoms with Crippen LogP contribution in [-0.2, 0) is 4.74 Å². The molecular weight excluding hydrogens is 302 g/mol. The summed E-state index contributed by atoms with van der Waals surface area (Å²) in [6, 6.07) is 2.24. The van der Waals surface area contributed by atoms with Gasteiger partial charge in [-0.25, -0.2) is 14.8 Å². The number of nitriles is 1. The van der Waals surface area contributed by atoms with E-state index in [0.29, 0.717) is 21.4 Å². The van der Waals surface area contributed by atoms with Crippen molar-refractivity contribution in [2.75, 3.05) is 0 Å². The zero-order chi connectivity index (χ0) is 15.5. The first kappa shape index (κ1) is 14.7. The number of carbonyl (C=O) groups is 1. The molecule has 0 amide bonds. The monoisotopic (exact) mass is 317 g/mol.